The van der Waals surface area contributed by atoms with E-state index in [4.69, 9.17) is 17.0 Å². The molecule has 1 aromatic carbocycles. The molecule has 0 aromatic heterocycles. The minimum atomic E-state index is 0.788. The molecule has 2 rings (SSSR count). The topological polar surface area (TPSA) is 24.5 Å². The van der Waals surface area contributed by atoms with Gasteiger partial charge in [-0.2, -0.15) is 0 Å². The summed E-state index contributed by atoms with van der Waals surface area (Å²) in [4.78, 5) is 2.12. The Morgan fingerprint density at radius 2 is 2.00 bits per heavy atom. The number of nitrogens with zero attached hydrogens (tertiary/aromatic N) is 1. The molecule has 0 radical (unpaired) electrons. The molecule has 3 nitrogen and oxygen atoms in total. The lowest BCUT2D eigenvalue weighted by Crippen LogP contribution is -2.33. The van der Waals surface area contributed by atoms with Crippen LogP contribution in [0.3, 0.4) is 0 Å². The highest BCUT2D eigenvalue weighted by Crippen LogP contribution is 2.18. The van der Waals surface area contributed by atoms with Crippen LogP contribution in [0.15, 0.2) is 30.3 Å². The van der Waals surface area contributed by atoms with Gasteiger partial charge in [-0.1, -0.05) is 18.2 Å². The number of anilines is 1. The van der Waals surface area contributed by atoms with Crippen molar-refractivity contribution in [1.29, 1.82) is 0 Å². The minimum Gasteiger partial charge on any atom is -0.381 e. The monoisotopic (exact) mass is 278 g/mol. The van der Waals surface area contributed by atoms with Gasteiger partial charge in [0.15, 0.2) is 5.11 Å². The molecule has 1 N–H and O–H groups in total. The van der Waals surface area contributed by atoms with E-state index in [1.54, 1.807) is 0 Å². The average Bonchev–Trinajstić information content (AvgIpc) is 2.47. The molecule has 1 heterocycles. The highest BCUT2D eigenvalue weighted by molar-refractivity contribution is 7.80. The third kappa shape index (κ3) is 4.80. The van der Waals surface area contributed by atoms with Gasteiger partial charge in [-0.3, -0.25) is 0 Å². The first kappa shape index (κ1) is 14.3. The fourth-order valence-corrected chi connectivity index (χ4v) is 2.46. The van der Waals surface area contributed by atoms with Crippen molar-refractivity contribution in [3.63, 3.8) is 0 Å². The summed E-state index contributed by atoms with van der Waals surface area (Å²) in [5.41, 5.74) is 1.05. The quantitative estimate of drug-likeness (QED) is 0.855. The molecule has 0 aliphatic carbocycles. The highest BCUT2D eigenvalue weighted by atomic mass is 32.1. The van der Waals surface area contributed by atoms with Crippen LogP contribution >= 0.6 is 12.2 Å². The molecule has 1 fully saturated rings. The summed E-state index contributed by atoms with van der Waals surface area (Å²) in [7, 11) is 2.05. The summed E-state index contributed by atoms with van der Waals surface area (Å²) >= 11 is 5.42. The van der Waals surface area contributed by atoms with Gasteiger partial charge in [-0.25, -0.2) is 0 Å². The molecular formula is C15H22N2OS. The number of nitrogens with one attached hydrogen (secondary N) is 1. The van der Waals surface area contributed by atoms with Gasteiger partial charge in [0.2, 0.25) is 0 Å². The van der Waals surface area contributed by atoms with Crippen LogP contribution < -0.4 is 5.32 Å². The molecule has 0 saturated carbocycles. The largest absolute Gasteiger partial charge is 0.381 e. The van der Waals surface area contributed by atoms with E-state index in [0.717, 1.165) is 36.5 Å². The Bertz CT molecular complexity index is 390. The fourth-order valence-electron chi connectivity index (χ4n) is 2.25. The Labute approximate surface area is 120 Å². The second-order valence-corrected chi connectivity index (χ2v) is 5.45. The summed E-state index contributed by atoms with van der Waals surface area (Å²) in [6.45, 7) is 2.84. The van der Waals surface area contributed by atoms with Gasteiger partial charge in [-0.05, 0) is 49.5 Å². The van der Waals surface area contributed by atoms with E-state index >= 15 is 0 Å². The maximum atomic E-state index is 5.42. The van der Waals surface area contributed by atoms with E-state index < -0.39 is 0 Å². The minimum absolute atomic E-state index is 0.788. The van der Waals surface area contributed by atoms with Crippen molar-refractivity contribution in [2.45, 2.75) is 19.3 Å². The maximum Gasteiger partial charge on any atom is 0.173 e. The smallest absolute Gasteiger partial charge is 0.173 e. The molecule has 1 saturated heterocycles. The van der Waals surface area contributed by atoms with E-state index in [0.29, 0.717) is 0 Å². The lowest BCUT2D eigenvalue weighted by molar-refractivity contribution is 0.0626. The Morgan fingerprint density at radius 1 is 1.32 bits per heavy atom. The normalized spacial score (nSPS) is 16.1. The van der Waals surface area contributed by atoms with Crippen LogP contribution in [0.25, 0.3) is 0 Å². The van der Waals surface area contributed by atoms with Gasteiger partial charge >= 0.3 is 0 Å². The van der Waals surface area contributed by atoms with E-state index in [1.807, 2.05) is 30.3 Å². The third-order valence-electron chi connectivity index (χ3n) is 3.59. The van der Waals surface area contributed by atoms with Crippen molar-refractivity contribution >= 4 is 23.0 Å². The lowest BCUT2D eigenvalue weighted by atomic mass is 9.96. The van der Waals surface area contributed by atoms with Crippen molar-refractivity contribution in [1.82, 2.24) is 4.90 Å². The first-order chi connectivity index (χ1) is 9.25. The number of benzene rings is 1. The highest BCUT2D eigenvalue weighted by Gasteiger charge is 2.15. The van der Waals surface area contributed by atoms with E-state index in [1.165, 1.54) is 19.3 Å². The molecule has 1 aromatic rings. The summed E-state index contributed by atoms with van der Waals surface area (Å²) in [5, 5.41) is 4.05. The fraction of sp³-hybridized carbons (Fsp3) is 0.533. The van der Waals surface area contributed by atoms with Crippen molar-refractivity contribution < 1.29 is 4.74 Å². The van der Waals surface area contributed by atoms with Crippen LogP contribution in [0.5, 0.6) is 0 Å². The second-order valence-electron chi connectivity index (χ2n) is 5.06. The molecule has 0 spiro atoms. The average molecular weight is 278 g/mol. The summed E-state index contributed by atoms with van der Waals surface area (Å²) in [5.74, 6) is 0.788. The Morgan fingerprint density at radius 3 is 2.68 bits per heavy atom. The lowest BCUT2D eigenvalue weighted by Gasteiger charge is -2.26. The van der Waals surface area contributed by atoms with Crippen LogP contribution in [-0.4, -0.2) is 36.8 Å². The van der Waals surface area contributed by atoms with Crippen molar-refractivity contribution in [2.24, 2.45) is 5.92 Å². The Kier molecular flexibility index (Phi) is 5.61. The molecule has 0 atom stereocenters. The molecule has 1 aliphatic heterocycles. The van der Waals surface area contributed by atoms with Gasteiger partial charge in [0.05, 0.1) is 0 Å². The van der Waals surface area contributed by atoms with Gasteiger partial charge in [0, 0.05) is 32.5 Å². The van der Waals surface area contributed by atoms with E-state index in [-0.39, 0.29) is 0 Å². The summed E-state index contributed by atoms with van der Waals surface area (Å²) < 4.78 is 5.38. The number of rotatable bonds is 4. The van der Waals surface area contributed by atoms with Crippen LogP contribution in [0.4, 0.5) is 5.69 Å². The molecule has 0 bridgehead atoms. The zero-order valence-corrected chi connectivity index (χ0v) is 12.3. The van der Waals surface area contributed by atoms with Gasteiger partial charge in [0.25, 0.3) is 0 Å². The van der Waals surface area contributed by atoms with Crippen LogP contribution in [0.2, 0.25) is 0 Å². The predicted octanol–water partition coefficient (Wildman–Crippen LogP) is 3.13. The molecular weight excluding hydrogens is 256 g/mol. The number of thiocarbonyl (C=S) groups is 1. The van der Waals surface area contributed by atoms with E-state index in [9.17, 15) is 0 Å². The SMILES string of the molecule is CN(CCC1CCOCC1)C(=S)Nc1ccccc1. The zero-order chi connectivity index (χ0) is 13.5. The second kappa shape index (κ2) is 7.46. The van der Waals surface area contributed by atoms with Gasteiger partial charge in [-0.15, -0.1) is 0 Å². The van der Waals surface area contributed by atoms with E-state index in [2.05, 4.69) is 17.3 Å². The maximum absolute atomic E-state index is 5.42. The number of para-hydroxylation sites is 1. The number of hydrogen-bond acceptors (Lipinski definition) is 2. The molecule has 0 unspecified atom stereocenters. The predicted molar refractivity (Wildman–Crippen MR) is 83.5 cm³/mol. The Hall–Kier alpha value is -1.13. The first-order valence-electron chi connectivity index (χ1n) is 6.90. The van der Waals surface area contributed by atoms with Crippen molar-refractivity contribution in [2.75, 3.05) is 32.1 Å². The molecule has 4 heteroatoms. The molecule has 19 heavy (non-hydrogen) atoms. The Balaban J connectivity index is 1.73. The van der Waals surface area contributed by atoms with Crippen LogP contribution in [0, 0.1) is 5.92 Å². The molecule has 104 valence electrons. The van der Waals surface area contributed by atoms with Crippen LogP contribution in [-0.2, 0) is 4.74 Å². The zero-order valence-electron chi connectivity index (χ0n) is 11.5. The summed E-state index contributed by atoms with van der Waals surface area (Å²) in [6.07, 6.45) is 3.57. The van der Waals surface area contributed by atoms with Crippen LogP contribution in [0.1, 0.15) is 19.3 Å². The van der Waals surface area contributed by atoms with Gasteiger partial charge in [0.1, 0.15) is 0 Å². The molecule has 0 amide bonds. The summed E-state index contributed by atoms with van der Waals surface area (Å²) in [6, 6.07) is 10.1. The number of hydrogen-bond donors (Lipinski definition) is 1. The first-order valence-corrected chi connectivity index (χ1v) is 7.31. The number of ether oxygens (including phenoxy) is 1. The standard InChI is InChI=1S/C15H22N2OS/c1-17(10-7-13-8-11-18-12-9-13)15(19)16-14-5-3-2-4-6-14/h2-6,13H,7-12H2,1H3,(H,16,19). The van der Waals surface area contributed by atoms with Crippen molar-refractivity contribution in [3.8, 4) is 0 Å². The van der Waals surface area contributed by atoms with Gasteiger partial charge < -0.3 is 15.0 Å². The third-order valence-corrected chi connectivity index (χ3v) is 4.00. The van der Waals surface area contributed by atoms with Crippen molar-refractivity contribution in [3.05, 3.63) is 30.3 Å². The molecule has 1 aliphatic rings.